The molecule has 1 spiro atoms. The Bertz CT molecular complexity index is 364. The van der Waals surface area contributed by atoms with Crippen LogP contribution in [0.4, 0.5) is 0 Å². The number of hydrogen-bond donors (Lipinski definition) is 0. The molecule has 0 radical (unpaired) electrons. The number of likely N-dealkylation sites (tertiary alicyclic amines) is 1. The molecule has 2 fully saturated rings. The summed E-state index contributed by atoms with van der Waals surface area (Å²) in [7, 11) is 0. The van der Waals surface area contributed by atoms with Crippen LogP contribution in [0, 0.1) is 0 Å². The maximum Gasteiger partial charge on any atom is 0.244 e. The van der Waals surface area contributed by atoms with Crippen LogP contribution < -0.4 is 0 Å². The van der Waals surface area contributed by atoms with Gasteiger partial charge in [-0.1, -0.05) is 0 Å². The second-order valence-electron chi connectivity index (χ2n) is 4.38. The predicted octanol–water partition coefficient (Wildman–Crippen LogP) is -0.172. The van der Waals surface area contributed by atoms with Crippen molar-refractivity contribution in [3.8, 4) is 0 Å². The van der Waals surface area contributed by atoms with E-state index in [-0.39, 0.29) is 18.0 Å². The van der Waals surface area contributed by atoms with Gasteiger partial charge in [0.25, 0.3) is 0 Å². The minimum absolute atomic E-state index is 0.147. The molecule has 1 aromatic rings. The molecule has 0 atom stereocenters. The van der Waals surface area contributed by atoms with Crippen LogP contribution in [0.3, 0.4) is 0 Å². The highest BCUT2D eigenvalue weighted by atomic mass is 16.2. The first-order valence-electron chi connectivity index (χ1n) is 5.31. The molecule has 1 saturated heterocycles. The van der Waals surface area contributed by atoms with Gasteiger partial charge in [0, 0.05) is 12.1 Å². The second kappa shape index (κ2) is 3.01. The fourth-order valence-corrected chi connectivity index (χ4v) is 2.51. The summed E-state index contributed by atoms with van der Waals surface area (Å²) in [5, 5.41) is 10.7. The number of carbonyl (C=O) groups is 1. The lowest BCUT2D eigenvalue weighted by Gasteiger charge is -2.58. The smallest absolute Gasteiger partial charge is 0.244 e. The van der Waals surface area contributed by atoms with Crippen molar-refractivity contribution in [1.82, 2.24) is 25.1 Å². The third-order valence-corrected chi connectivity index (χ3v) is 3.65. The Morgan fingerprint density at radius 3 is 2.73 bits per heavy atom. The second-order valence-corrected chi connectivity index (χ2v) is 4.38. The van der Waals surface area contributed by atoms with Gasteiger partial charge in [0.2, 0.25) is 5.91 Å². The molecule has 1 aromatic heterocycles. The van der Waals surface area contributed by atoms with E-state index in [0.717, 1.165) is 6.54 Å². The minimum Gasteiger partial charge on any atom is -0.335 e. The van der Waals surface area contributed by atoms with Crippen LogP contribution in [0.15, 0.2) is 6.33 Å². The molecule has 0 bridgehead atoms. The summed E-state index contributed by atoms with van der Waals surface area (Å²) in [5.41, 5.74) is 0.227. The maximum absolute atomic E-state index is 11.9. The number of nitrogens with zero attached hydrogens (tertiary/aromatic N) is 5. The Morgan fingerprint density at radius 2 is 2.27 bits per heavy atom. The van der Waals surface area contributed by atoms with E-state index in [0.29, 0.717) is 0 Å². The molecular formula is C9H13N5O. The summed E-state index contributed by atoms with van der Waals surface area (Å²) in [4.78, 5) is 13.9. The van der Waals surface area contributed by atoms with Crippen LogP contribution >= 0.6 is 0 Å². The average molecular weight is 207 g/mol. The van der Waals surface area contributed by atoms with Crippen molar-refractivity contribution in [2.24, 2.45) is 0 Å². The van der Waals surface area contributed by atoms with Gasteiger partial charge in [-0.15, -0.1) is 5.10 Å². The zero-order chi connectivity index (χ0) is 10.3. The van der Waals surface area contributed by atoms with E-state index in [4.69, 9.17) is 0 Å². The van der Waals surface area contributed by atoms with Crippen LogP contribution in [0.5, 0.6) is 0 Å². The third-order valence-electron chi connectivity index (χ3n) is 3.65. The number of aromatic nitrogens is 4. The standard InChI is InChI=1S/C9H13N5O/c15-8(6-13-7-10-11-12-13)14-5-4-9(14)2-1-3-9/h7H,1-6H2. The Morgan fingerprint density at radius 1 is 1.40 bits per heavy atom. The van der Waals surface area contributed by atoms with Gasteiger partial charge in [0.05, 0.1) is 0 Å². The Balaban J connectivity index is 1.65. The van der Waals surface area contributed by atoms with Crippen molar-refractivity contribution in [2.75, 3.05) is 6.54 Å². The van der Waals surface area contributed by atoms with Gasteiger partial charge >= 0.3 is 0 Å². The zero-order valence-corrected chi connectivity index (χ0v) is 8.46. The Kier molecular flexibility index (Phi) is 1.77. The molecule has 0 aromatic carbocycles. The molecule has 1 aliphatic carbocycles. The fraction of sp³-hybridized carbons (Fsp3) is 0.778. The molecule has 1 aliphatic heterocycles. The van der Waals surface area contributed by atoms with Crippen molar-refractivity contribution in [3.05, 3.63) is 6.33 Å². The van der Waals surface area contributed by atoms with Crippen LogP contribution in [-0.2, 0) is 11.3 Å². The molecule has 6 nitrogen and oxygen atoms in total. The largest absolute Gasteiger partial charge is 0.335 e. The van der Waals surface area contributed by atoms with Gasteiger partial charge in [0.1, 0.15) is 12.9 Å². The predicted molar refractivity (Wildman–Crippen MR) is 50.7 cm³/mol. The molecule has 1 saturated carbocycles. The SMILES string of the molecule is O=C(Cn1cnnn1)N1CCC12CCC2. The lowest BCUT2D eigenvalue weighted by atomic mass is 9.68. The molecule has 15 heavy (non-hydrogen) atoms. The first-order chi connectivity index (χ1) is 7.30. The Hall–Kier alpha value is -1.46. The molecule has 80 valence electrons. The van der Waals surface area contributed by atoms with Crippen molar-refractivity contribution in [1.29, 1.82) is 0 Å². The normalized spacial score (nSPS) is 22.3. The molecule has 2 heterocycles. The van der Waals surface area contributed by atoms with Crippen LogP contribution in [0.2, 0.25) is 0 Å². The first-order valence-corrected chi connectivity index (χ1v) is 5.31. The molecule has 2 aliphatic rings. The molecule has 1 amide bonds. The molecule has 0 N–H and O–H groups in total. The van der Waals surface area contributed by atoms with Crippen molar-refractivity contribution in [3.63, 3.8) is 0 Å². The maximum atomic E-state index is 11.9. The minimum atomic E-state index is 0.147. The van der Waals surface area contributed by atoms with Gasteiger partial charge < -0.3 is 4.90 Å². The Labute approximate surface area is 87.2 Å². The van der Waals surface area contributed by atoms with E-state index in [1.807, 2.05) is 4.90 Å². The quantitative estimate of drug-likeness (QED) is 0.675. The average Bonchev–Trinajstić information content (AvgIpc) is 2.51. The number of amides is 1. The van der Waals surface area contributed by atoms with E-state index in [1.54, 1.807) is 0 Å². The van der Waals surface area contributed by atoms with Gasteiger partial charge in [-0.2, -0.15) is 0 Å². The van der Waals surface area contributed by atoms with Crippen LogP contribution in [-0.4, -0.2) is 43.1 Å². The fourth-order valence-electron chi connectivity index (χ4n) is 2.51. The van der Waals surface area contributed by atoms with Gasteiger partial charge in [-0.25, -0.2) is 4.68 Å². The number of tetrazole rings is 1. The molecule has 0 unspecified atom stereocenters. The van der Waals surface area contributed by atoms with E-state index >= 15 is 0 Å². The number of carbonyl (C=O) groups excluding carboxylic acids is 1. The molecule has 3 rings (SSSR count). The first kappa shape index (κ1) is 8.82. The van der Waals surface area contributed by atoms with Crippen molar-refractivity contribution < 1.29 is 4.79 Å². The van der Waals surface area contributed by atoms with Crippen LogP contribution in [0.25, 0.3) is 0 Å². The summed E-state index contributed by atoms with van der Waals surface area (Å²) in [6.07, 6.45) is 6.26. The number of rotatable bonds is 2. The van der Waals surface area contributed by atoms with E-state index < -0.39 is 0 Å². The van der Waals surface area contributed by atoms with Crippen LogP contribution in [0.1, 0.15) is 25.7 Å². The summed E-state index contributed by atoms with van der Waals surface area (Å²) in [6.45, 7) is 1.18. The van der Waals surface area contributed by atoms with E-state index in [1.165, 1.54) is 36.7 Å². The van der Waals surface area contributed by atoms with E-state index in [2.05, 4.69) is 15.5 Å². The van der Waals surface area contributed by atoms with Gasteiger partial charge in [-0.05, 0) is 36.1 Å². The monoisotopic (exact) mass is 207 g/mol. The van der Waals surface area contributed by atoms with Gasteiger partial charge in [0.15, 0.2) is 0 Å². The summed E-state index contributed by atoms with van der Waals surface area (Å²) in [6, 6.07) is 0. The molecule has 6 heteroatoms. The summed E-state index contributed by atoms with van der Waals surface area (Å²) < 4.78 is 1.48. The highest BCUT2D eigenvalue weighted by Crippen LogP contribution is 2.46. The third kappa shape index (κ3) is 1.24. The van der Waals surface area contributed by atoms with Crippen molar-refractivity contribution in [2.45, 2.75) is 37.8 Å². The van der Waals surface area contributed by atoms with Crippen molar-refractivity contribution >= 4 is 5.91 Å². The summed E-state index contributed by atoms with van der Waals surface area (Å²) in [5.74, 6) is 0.147. The zero-order valence-electron chi connectivity index (χ0n) is 8.46. The summed E-state index contributed by atoms with van der Waals surface area (Å²) >= 11 is 0. The molecular weight excluding hydrogens is 194 g/mol. The number of hydrogen-bond acceptors (Lipinski definition) is 4. The highest BCUT2D eigenvalue weighted by molar-refractivity contribution is 5.78. The highest BCUT2D eigenvalue weighted by Gasteiger charge is 2.50. The topological polar surface area (TPSA) is 63.9 Å². The lowest BCUT2D eigenvalue weighted by molar-refractivity contribution is -0.156. The lowest BCUT2D eigenvalue weighted by Crippen LogP contribution is -2.66. The van der Waals surface area contributed by atoms with E-state index in [9.17, 15) is 4.79 Å². The van der Waals surface area contributed by atoms with Gasteiger partial charge in [-0.3, -0.25) is 4.79 Å².